The molecule has 0 N–H and O–H groups in total. The summed E-state index contributed by atoms with van der Waals surface area (Å²) in [5.41, 5.74) is 1.72. The van der Waals surface area contributed by atoms with Gasteiger partial charge in [-0.3, -0.25) is 9.69 Å². The molecule has 1 heterocycles. The van der Waals surface area contributed by atoms with E-state index in [0.717, 1.165) is 31.7 Å². The summed E-state index contributed by atoms with van der Waals surface area (Å²) in [6, 6.07) is 5.60. The van der Waals surface area contributed by atoms with Gasteiger partial charge < -0.3 is 4.90 Å². The Labute approximate surface area is 113 Å². The fourth-order valence-corrected chi connectivity index (χ4v) is 2.37. The molecule has 1 fully saturated rings. The van der Waals surface area contributed by atoms with E-state index in [1.807, 2.05) is 19.1 Å². The van der Waals surface area contributed by atoms with Gasteiger partial charge in [-0.25, -0.2) is 0 Å². The lowest BCUT2D eigenvalue weighted by molar-refractivity contribution is 0.0876. The quantitative estimate of drug-likeness (QED) is 0.783. The fraction of sp³-hybridized carbons (Fsp3) is 0.500. The van der Waals surface area contributed by atoms with Gasteiger partial charge in [0.1, 0.15) is 0 Å². The second-order valence-electron chi connectivity index (χ2n) is 4.99. The third-order valence-corrected chi connectivity index (χ3v) is 3.71. The zero-order valence-electron chi connectivity index (χ0n) is 10.9. The molecule has 1 aromatic rings. The van der Waals surface area contributed by atoms with E-state index in [0.29, 0.717) is 17.1 Å². The summed E-state index contributed by atoms with van der Waals surface area (Å²) in [7, 11) is 2.11. The number of rotatable bonds is 3. The largest absolute Gasteiger partial charge is 0.304 e. The fourth-order valence-electron chi connectivity index (χ4n) is 2.15. The Balaban J connectivity index is 2.01. The van der Waals surface area contributed by atoms with Gasteiger partial charge in [0.25, 0.3) is 0 Å². The topological polar surface area (TPSA) is 23.6 Å². The van der Waals surface area contributed by atoms with Crippen molar-refractivity contribution in [2.75, 3.05) is 39.8 Å². The summed E-state index contributed by atoms with van der Waals surface area (Å²) >= 11 is 6.08. The first-order valence-electron chi connectivity index (χ1n) is 6.26. The zero-order valence-corrected chi connectivity index (χ0v) is 11.7. The van der Waals surface area contributed by atoms with Crippen LogP contribution in [-0.2, 0) is 0 Å². The van der Waals surface area contributed by atoms with Crippen molar-refractivity contribution in [2.24, 2.45) is 0 Å². The highest BCUT2D eigenvalue weighted by Gasteiger charge is 2.18. The number of hydrogen-bond acceptors (Lipinski definition) is 3. The maximum atomic E-state index is 12.2. The number of likely N-dealkylation sites (N-methyl/N-ethyl adjacent to an activating group) is 1. The van der Waals surface area contributed by atoms with Gasteiger partial charge in [-0.05, 0) is 26.1 Å². The zero-order chi connectivity index (χ0) is 13.1. The van der Waals surface area contributed by atoms with Crippen LogP contribution in [0.4, 0.5) is 0 Å². The minimum Gasteiger partial charge on any atom is -0.304 e. The minimum absolute atomic E-state index is 0.119. The Bertz CT molecular complexity index is 439. The first-order valence-corrected chi connectivity index (χ1v) is 6.64. The third kappa shape index (κ3) is 3.31. The summed E-state index contributed by atoms with van der Waals surface area (Å²) in [5, 5.41) is 0.555. The molecule has 1 aliphatic rings. The van der Waals surface area contributed by atoms with Crippen molar-refractivity contribution in [3.8, 4) is 0 Å². The molecule has 0 radical (unpaired) electrons. The van der Waals surface area contributed by atoms with Gasteiger partial charge in [-0.2, -0.15) is 0 Å². The molecule has 3 nitrogen and oxygen atoms in total. The summed E-state index contributed by atoms with van der Waals surface area (Å²) in [5.74, 6) is 0.119. The number of Topliss-reactive ketones (excluding diaryl/α,β-unsaturated/α-hetero) is 1. The summed E-state index contributed by atoms with van der Waals surface area (Å²) in [6.45, 7) is 6.39. The molecule has 0 amide bonds. The lowest BCUT2D eigenvalue weighted by Crippen LogP contribution is -2.46. The first-order chi connectivity index (χ1) is 8.56. The average Bonchev–Trinajstić information content (AvgIpc) is 2.35. The van der Waals surface area contributed by atoms with Gasteiger partial charge >= 0.3 is 0 Å². The van der Waals surface area contributed by atoms with Crippen LogP contribution in [0.3, 0.4) is 0 Å². The molecule has 18 heavy (non-hydrogen) atoms. The van der Waals surface area contributed by atoms with Gasteiger partial charge in [0, 0.05) is 31.7 Å². The SMILES string of the molecule is Cc1ccc(Cl)c(C(=O)CN2CCN(C)CC2)c1. The van der Waals surface area contributed by atoms with Crippen LogP contribution in [0.2, 0.25) is 5.02 Å². The van der Waals surface area contributed by atoms with Crippen molar-refractivity contribution < 1.29 is 4.79 Å². The van der Waals surface area contributed by atoms with Crippen molar-refractivity contribution in [3.05, 3.63) is 34.3 Å². The molecular formula is C14H19ClN2O. The molecule has 0 bridgehead atoms. The van der Waals surface area contributed by atoms with Crippen LogP contribution in [0.25, 0.3) is 0 Å². The molecule has 4 heteroatoms. The van der Waals surface area contributed by atoms with Crippen molar-refractivity contribution in [1.82, 2.24) is 9.80 Å². The van der Waals surface area contributed by atoms with Crippen molar-refractivity contribution in [3.63, 3.8) is 0 Å². The number of nitrogens with zero attached hydrogens (tertiary/aromatic N) is 2. The molecule has 0 aromatic heterocycles. The van der Waals surface area contributed by atoms with Gasteiger partial charge in [-0.1, -0.05) is 23.2 Å². The van der Waals surface area contributed by atoms with Crippen molar-refractivity contribution in [1.29, 1.82) is 0 Å². The third-order valence-electron chi connectivity index (χ3n) is 3.39. The lowest BCUT2D eigenvalue weighted by atomic mass is 10.1. The maximum Gasteiger partial charge on any atom is 0.178 e. The van der Waals surface area contributed by atoms with Crippen LogP contribution in [0, 0.1) is 6.92 Å². The van der Waals surface area contributed by atoms with E-state index in [9.17, 15) is 4.79 Å². The number of benzene rings is 1. The van der Waals surface area contributed by atoms with E-state index in [4.69, 9.17) is 11.6 Å². The highest BCUT2D eigenvalue weighted by Crippen LogP contribution is 2.18. The van der Waals surface area contributed by atoms with Crippen LogP contribution < -0.4 is 0 Å². The molecule has 0 aliphatic carbocycles. The van der Waals surface area contributed by atoms with Gasteiger partial charge in [0.05, 0.1) is 11.6 Å². The standard InChI is InChI=1S/C14H19ClN2O/c1-11-3-4-13(15)12(9-11)14(18)10-17-7-5-16(2)6-8-17/h3-4,9H,5-8,10H2,1-2H3. The number of hydrogen-bond donors (Lipinski definition) is 0. The number of carbonyl (C=O) groups excluding carboxylic acids is 1. The highest BCUT2D eigenvalue weighted by molar-refractivity contribution is 6.34. The van der Waals surface area contributed by atoms with Crippen LogP contribution in [0.15, 0.2) is 18.2 Å². The molecule has 0 spiro atoms. The van der Waals surface area contributed by atoms with Gasteiger partial charge in [0.2, 0.25) is 0 Å². The van der Waals surface area contributed by atoms with E-state index in [2.05, 4.69) is 16.8 Å². The van der Waals surface area contributed by atoms with Crippen LogP contribution in [-0.4, -0.2) is 55.4 Å². The Kier molecular flexibility index (Phi) is 4.38. The van der Waals surface area contributed by atoms with Gasteiger partial charge in [0.15, 0.2) is 5.78 Å². The molecule has 0 saturated carbocycles. The van der Waals surface area contributed by atoms with Gasteiger partial charge in [-0.15, -0.1) is 0 Å². The molecule has 2 rings (SSSR count). The van der Waals surface area contributed by atoms with E-state index in [-0.39, 0.29) is 5.78 Å². The first kappa shape index (κ1) is 13.5. The van der Waals surface area contributed by atoms with Crippen LogP contribution in [0.5, 0.6) is 0 Å². The summed E-state index contributed by atoms with van der Waals surface area (Å²) in [4.78, 5) is 16.7. The Morgan fingerprint density at radius 1 is 1.28 bits per heavy atom. The Hall–Kier alpha value is -0.900. The highest BCUT2D eigenvalue weighted by atomic mass is 35.5. The number of aryl methyl sites for hydroxylation is 1. The predicted octanol–water partition coefficient (Wildman–Crippen LogP) is 2.08. The van der Waals surface area contributed by atoms with E-state index in [1.54, 1.807) is 6.07 Å². The number of carbonyl (C=O) groups is 1. The van der Waals surface area contributed by atoms with Crippen molar-refractivity contribution in [2.45, 2.75) is 6.92 Å². The monoisotopic (exact) mass is 266 g/mol. The predicted molar refractivity (Wildman–Crippen MR) is 74.5 cm³/mol. The van der Waals surface area contributed by atoms with Crippen LogP contribution >= 0.6 is 11.6 Å². The number of ketones is 1. The summed E-state index contributed by atoms with van der Waals surface area (Å²) in [6.07, 6.45) is 0. The van der Waals surface area contributed by atoms with Crippen molar-refractivity contribution >= 4 is 17.4 Å². The maximum absolute atomic E-state index is 12.2. The Morgan fingerprint density at radius 2 is 1.94 bits per heavy atom. The van der Waals surface area contributed by atoms with Crippen LogP contribution in [0.1, 0.15) is 15.9 Å². The number of halogens is 1. The lowest BCUT2D eigenvalue weighted by Gasteiger charge is -2.31. The minimum atomic E-state index is 0.119. The average molecular weight is 267 g/mol. The number of piperazine rings is 1. The molecule has 1 aliphatic heterocycles. The molecule has 1 saturated heterocycles. The smallest absolute Gasteiger partial charge is 0.178 e. The second-order valence-corrected chi connectivity index (χ2v) is 5.39. The molecule has 1 aromatic carbocycles. The second kappa shape index (κ2) is 5.83. The van der Waals surface area contributed by atoms with E-state index in [1.165, 1.54) is 0 Å². The van der Waals surface area contributed by atoms with E-state index < -0.39 is 0 Å². The summed E-state index contributed by atoms with van der Waals surface area (Å²) < 4.78 is 0. The molecular weight excluding hydrogens is 248 g/mol. The Morgan fingerprint density at radius 3 is 2.61 bits per heavy atom. The molecule has 0 atom stereocenters. The van der Waals surface area contributed by atoms with E-state index >= 15 is 0 Å². The molecule has 98 valence electrons. The normalized spacial score (nSPS) is 17.9. The molecule has 0 unspecified atom stereocenters.